The number of aliphatic hydroxyl groups excluding tert-OH is 1. The van der Waals surface area contributed by atoms with Gasteiger partial charge in [0.1, 0.15) is 5.75 Å². The molecule has 0 aliphatic carbocycles. The Labute approximate surface area is 110 Å². The third kappa shape index (κ3) is 6.16. The molecule has 0 amide bonds. The molecule has 1 rings (SSSR count). The van der Waals surface area contributed by atoms with Crippen LogP contribution in [0.1, 0.15) is 24.0 Å². The highest BCUT2D eigenvalue weighted by Crippen LogP contribution is 2.22. The topological polar surface area (TPSA) is 29.5 Å². The van der Waals surface area contributed by atoms with Gasteiger partial charge in [0.25, 0.3) is 0 Å². The number of alkyl halides is 3. The van der Waals surface area contributed by atoms with Gasteiger partial charge in [-0.2, -0.15) is 13.2 Å². The molecule has 0 aromatic heterocycles. The highest BCUT2D eigenvalue weighted by atomic mass is 19.4. The van der Waals surface area contributed by atoms with Crippen LogP contribution in [0.25, 0.3) is 0 Å². The van der Waals surface area contributed by atoms with Crippen molar-refractivity contribution in [1.82, 2.24) is 0 Å². The van der Waals surface area contributed by atoms with Crippen LogP contribution in [0.3, 0.4) is 0 Å². The van der Waals surface area contributed by atoms with Crippen LogP contribution in [-0.2, 0) is 0 Å². The molecule has 0 unspecified atom stereocenters. The minimum atomic E-state index is -4.20. The Kier molecular flexibility index (Phi) is 5.71. The zero-order chi connectivity index (χ0) is 14.3. The number of halogens is 3. The molecule has 0 atom stereocenters. The van der Waals surface area contributed by atoms with Gasteiger partial charge in [-0.15, -0.1) is 0 Å². The van der Waals surface area contributed by atoms with E-state index in [1.54, 1.807) is 25.1 Å². The monoisotopic (exact) mass is 272 g/mol. The van der Waals surface area contributed by atoms with Gasteiger partial charge in [0.2, 0.25) is 0 Å². The fraction of sp³-hybridized carbons (Fsp3) is 0.429. The Morgan fingerprint density at radius 2 is 2.05 bits per heavy atom. The molecule has 0 spiro atoms. The van der Waals surface area contributed by atoms with E-state index >= 15 is 0 Å². The van der Waals surface area contributed by atoms with E-state index in [0.29, 0.717) is 12.2 Å². The molecule has 1 aromatic rings. The molecule has 0 saturated heterocycles. The lowest BCUT2D eigenvalue weighted by atomic mass is 10.1. The Hall–Kier alpha value is -1.67. The van der Waals surface area contributed by atoms with Crippen molar-refractivity contribution in [2.45, 2.75) is 25.9 Å². The van der Waals surface area contributed by atoms with Crippen molar-refractivity contribution in [3.63, 3.8) is 0 Å². The highest BCUT2D eigenvalue weighted by Gasteiger charge is 2.26. The van der Waals surface area contributed by atoms with E-state index in [1.165, 1.54) is 0 Å². The van der Waals surface area contributed by atoms with E-state index < -0.39 is 12.6 Å². The number of rotatable bonds is 4. The average molecular weight is 272 g/mol. The summed E-state index contributed by atoms with van der Waals surface area (Å²) in [6.07, 6.45) is -4.78. The second kappa shape index (κ2) is 7.05. The van der Waals surface area contributed by atoms with Crippen molar-refractivity contribution in [3.05, 3.63) is 29.3 Å². The van der Waals surface area contributed by atoms with E-state index in [-0.39, 0.29) is 13.2 Å². The lowest BCUT2D eigenvalue weighted by Gasteiger charge is -2.10. The van der Waals surface area contributed by atoms with Gasteiger partial charge in [-0.1, -0.05) is 11.8 Å². The predicted octanol–water partition coefficient (Wildman–Crippen LogP) is 3.06. The largest absolute Gasteiger partial charge is 0.493 e. The summed E-state index contributed by atoms with van der Waals surface area (Å²) in [4.78, 5) is 0. The molecule has 0 fully saturated rings. The average Bonchev–Trinajstić information content (AvgIpc) is 2.31. The van der Waals surface area contributed by atoms with Gasteiger partial charge in [-0.3, -0.25) is 0 Å². The smallest absolute Gasteiger partial charge is 0.392 e. The maximum Gasteiger partial charge on any atom is 0.392 e. The molecule has 0 bridgehead atoms. The van der Waals surface area contributed by atoms with Crippen LogP contribution < -0.4 is 4.74 Å². The lowest BCUT2D eigenvalue weighted by molar-refractivity contribution is -0.139. The first-order valence-electron chi connectivity index (χ1n) is 5.82. The summed E-state index contributed by atoms with van der Waals surface area (Å²) in [5.41, 5.74) is 1.48. The molecule has 0 aliphatic heterocycles. The standard InChI is InChI=1S/C14H15F3O2/c1-11-10-12(4-2-3-8-18)5-6-13(11)19-9-7-14(15,16)17/h5-6,10,18H,3,7-9H2,1H3. The van der Waals surface area contributed by atoms with E-state index in [4.69, 9.17) is 9.84 Å². The van der Waals surface area contributed by atoms with Crippen LogP contribution in [0.15, 0.2) is 18.2 Å². The van der Waals surface area contributed by atoms with Gasteiger partial charge in [-0.25, -0.2) is 0 Å². The second-order valence-corrected chi connectivity index (χ2v) is 3.97. The van der Waals surface area contributed by atoms with E-state index in [9.17, 15) is 13.2 Å². The SMILES string of the molecule is Cc1cc(C#CCCO)ccc1OCCC(F)(F)F. The van der Waals surface area contributed by atoms with E-state index in [2.05, 4.69) is 11.8 Å². The van der Waals surface area contributed by atoms with Crippen molar-refractivity contribution in [1.29, 1.82) is 0 Å². The van der Waals surface area contributed by atoms with Crippen LogP contribution in [0.2, 0.25) is 0 Å². The molecular weight excluding hydrogens is 257 g/mol. The Bertz CT molecular complexity index is 470. The summed E-state index contributed by atoms with van der Waals surface area (Å²) < 4.78 is 41.0. The summed E-state index contributed by atoms with van der Waals surface area (Å²) in [6, 6.07) is 5.03. The van der Waals surface area contributed by atoms with Crippen LogP contribution in [-0.4, -0.2) is 24.5 Å². The van der Waals surface area contributed by atoms with Crippen molar-refractivity contribution >= 4 is 0 Å². The molecule has 19 heavy (non-hydrogen) atoms. The zero-order valence-corrected chi connectivity index (χ0v) is 10.5. The van der Waals surface area contributed by atoms with Crippen LogP contribution in [0.5, 0.6) is 5.75 Å². The highest BCUT2D eigenvalue weighted by molar-refractivity contribution is 5.43. The zero-order valence-electron chi connectivity index (χ0n) is 10.5. The van der Waals surface area contributed by atoms with Crippen molar-refractivity contribution in [2.75, 3.05) is 13.2 Å². The number of hydrogen-bond donors (Lipinski definition) is 1. The molecule has 0 saturated carbocycles. The van der Waals surface area contributed by atoms with Crippen LogP contribution in [0.4, 0.5) is 13.2 Å². The normalized spacial score (nSPS) is 10.8. The molecule has 2 nitrogen and oxygen atoms in total. The summed E-state index contributed by atoms with van der Waals surface area (Å²) >= 11 is 0. The van der Waals surface area contributed by atoms with E-state index in [1.807, 2.05) is 0 Å². The predicted molar refractivity (Wildman–Crippen MR) is 65.9 cm³/mol. The van der Waals surface area contributed by atoms with Gasteiger partial charge in [0.15, 0.2) is 0 Å². The first kappa shape index (κ1) is 15.4. The molecule has 0 radical (unpaired) electrons. The van der Waals surface area contributed by atoms with E-state index in [0.717, 1.165) is 11.1 Å². The summed E-state index contributed by atoms with van der Waals surface area (Å²) in [6.45, 7) is 1.37. The van der Waals surface area contributed by atoms with Crippen LogP contribution in [0, 0.1) is 18.8 Å². The molecule has 104 valence electrons. The van der Waals surface area contributed by atoms with Gasteiger partial charge in [0, 0.05) is 12.0 Å². The van der Waals surface area contributed by atoms with Crippen LogP contribution >= 0.6 is 0 Å². The number of aliphatic hydroxyl groups is 1. The molecule has 1 N–H and O–H groups in total. The Morgan fingerprint density at radius 3 is 2.63 bits per heavy atom. The minimum Gasteiger partial charge on any atom is -0.493 e. The van der Waals surface area contributed by atoms with Crippen molar-refractivity contribution < 1.29 is 23.0 Å². The third-order valence-electron chi connectivity index (χ3n) is 2.29. The lowest BCUT2D eigenvalue weighted by Crippen LogP contribution is -2.13. The van der Waals surface area contributed by atoms with Gasteiger partial charge >= 0.3 is 6.18 Å². The summed E-state index contributed by atoms with van der Waals surface area (Å²) in [5, 5.41) is 8.59. The molecule has 0 heterocycles. The quantitative estimate of drug-likeness (QED) is 0.854. The van der Waals surface area contributed by atoms with Gasteiger partial charge in [-0.05, 0) is 30.7 Å². The minimum absolute atomic E-state index is 0.00458. The first-order valence-corrected chi connectivity index (χ1v) is 5.82. The Morgan fingerprint density at radius 1 is 1.32 bits per heavy atom. The van der Waals surface area contributed by atoms with Gasteiger partial charge in [0.05, 0.1) is 19.6 Å². The summed E-state index contributed by atoms with van der Waals surface area (Å²) in [5.74, 6) is 6.05. The Balaban J connectivity index is 2.60. The molecular formula is C14H15F3O2. The number of benzene rings is 1. The third-order valence-corrected chi connectivity index (χ3v) is 2.29. The molecule has 5 heteroatoms. The number of aryl methyl sites for hydroxylation is 1. The van der Waals surface area contributed by atoms with Gasteiger partial charge < -0.3 is 9.84 Å². The number of ether oxygens (including phenoxy) is 1. The number of hydrogen-bond acceptors (Lipinski definition) is 2. The summed E-state index contributed by atoms with van der Waals surface area (Å²) in [7, 11) is 0. The fourth-order valence-corrected chi connectivity index (χ4v) is 1.39. The maximum atomic E-state index is 12.0. The van der Waals surface area contributed by atoms with Crippen molar-refractivity contribution in [3.8, 4) is 17.6 Å². The second-order valence-electron chi connectivity index (χ2n) is 3.97. The maximum absolute atomic E-state index is 12.0. The fourth-order valence-electron chi connectivity index (χ4n) is 1.39. The van der Waals surface area contributed by atoms with Crippen molar-refractivity contribution in [2.24, 2.45) is 0 Å². The molecule has 0 aliphatic rings. The molecule has 1 aromatic carbocycles. The first-order chi connectivity index (χ1) is 8.92.